The maximum absolute atomic E-state index is 11.9. The molecule has 2 rings (SSSR count). The van der Waals surface area contributed by atoms with Crippen molar-refractivity contribution in [3.05, 3.63) is 45.2 Å². The topological polar surface area (TPSA) is 56.9 Å². The molecule has 3 N–H and O–H groups in total. The quantitative estimate of drug-likeness (QED) is 0.757. The summed E-state index contributed by atoms with van der Waals surface area (Å²) in [6.45, 7) is 6.59. The lowest BCUT2D eigenvalue weighted by molar-refractivity contribution is 0.355. The summed E-state index contributed by atoms with van der Waals surface area (Å²) in [5.41, 5.74) is 7.52. The fourth-order valence-corrected chi connectivity index (χ4v) is 1.94. The Hall–Kier alpha value is -1.36. The Labute approximate surface area is 117 Å². The molecule has 1 aromatic heterocycles. The molecular formula is C14H18ClN3O. The van der Waals surface area contributed by atoms with Crippen molar-refractivity contribution in [1.82, 2.24) is 15.8 Å². The molecule has 0 saturated heterocycles. The molecule has 0 atom stereocenters. The third kappa shape index (κ3) is 3.80. The van der Waals surface area contributed by atoms with Crippen LogP contribution in [-0.4, -0.2) is 10.5 Å². The number of aromatic amines is 1. The number of hydrazine groups is 1. The molecule has 1 aromatic carbocycles. The van der Waals surface area contributed by atoms with Gasteiger partial charge in [-0.15, -0.1) is 0 Å². The van der Waals surface area contributed by atoms with Crippen LogP contribution < -0.4 is 16.4 Å². The maximum atomic E-state index is 11.9. The molecule has 0 amide bonds. The van der Waals surface area contributed by atoms with Crippen LogP contribution in [0.1, 0.15) is 26.3 Å². The SMILES string of the molecule is CC(C)(C)NNCc1cc2cc(Cl)ccc2[nH]c1=O. The molecule has 0 unspecified atom stereocenters. The zero-order valence-corrected chi connectivity index (χ0v) is 12.1. The molecule has 2 aromatic rings. The number of H-pyrrole nitrogens is 1. The monoisotopic (exact) mass is 279 g/mol. The van der Waals surface area contributed by atoms with Crippen LogP contribution in [0.3, 0.4) is 0 Å². The minimum atomic E-state index is -0.0852. The third-order valence-electron chi connectivity index (χ3n) is 2.63. The predicted octanol–water partition coefficient (Wildman–Crippen LogP) is 2.57. The highest BCUT2D eigenvalue weighted by Crippen LogP contribution is 2.17. The number of halogens is 1. The molecule has 0 aliphatic carbocycles. The molecule has 1 heterocycles. The van der Waals surface area contributed by atoms with Gasteiger partial charge in [-0.1, -0.05) is 11.6 Å². The van der Waals surface area contributed by atoms with Crippen LogP contribution in [0.5, 0.6) is 0 Å². The summed E-state index contributed by atoms with van der Waals surface area (Å²) in [4.78, 5) is 14.8. The summed E-state index contributed by atoms with van der Waals surface area (Å²) in [7, 11) is 0. The predicted molar refractivity (Wildman–Crippen MR) is 79.3 cm³/mol. The zero-order chi connectivity index (χ0) is 14.0. The lowest BCUT2D eigenvalue weighted by Crippen LogP contribution is -2.46. The summed E-state index contributed by atoms with van der Waals surface area (Å²) in [6, 6.07) is 7.27. The standard InChI is InChI=1S/C14H18ClN3O/c1-14(2,3)18-16-8-10-6-9-7-11(15)4-5-12(9)17-13(10)19/h4-7,16,18H,8H2,1-3H3,(H,17,19). The number of benzene rings is 1. The van der Waals surface area contributed by atoms with Crippen molar-refractivity contribution in [3.8, 4) is 0 Å². The van der Waals surface area contributed by atoms with E-state index in [9.17, 15) is 4.79 Å². The first-order valence-electron chi connectivity index (χ1n) is 6.17. The molecule has 5 heteroatoms. The molecule has 0 spiro atoms. The van der Waals surface area contributed by atoms with E-state index < -0.39 is 0 Å². The lowest BCUT2D eigenvalue weighted by atomic mass is 10.1. The van der Waals surface area contributed by atoms with Gasteiger partial charge in [0.25, 0.3) is 5.56 Å². The van der Waals surface area contributed by atoms with E-state index in [1.807, 2.05) is 39.0 Å². The average molecular weight is 280 g/mol. The number of fused-ring (bicyclic) bond motifs is 1. The highest BCUT2D eigenvalue weighted by Gasteiger charge is 2.09. The summed E-state index contributed by atoms with van der Waals surface area (Å²) < 4.78 is 0. The Balaban J connectivity index is 2.23. The van der Waals surface area contributed by atoms with Gasteiger partial charge < -0.3 is 4.98 Å². The number of hydrogen-bond acceptors (Lipinski definition) is 3. The minimum absolute atomic E-state index is 0.0487. The van der Waals surface area contributed by atoms with E-state index in [0.29, 0.717) is 17.1 Å². The van der Waals surface area contributed by atoms with Crippen molar-refractivity contribution in [3.63, 3.8) is 0 Å². The molecule has 0 radical (unpaired) electrons. The van der Waals surface area contributed by atoms with Gasteiger partial charge in [0, 0.05) is 33.6 Å². The summed E-state index contributed by atoms with van der Waals surface area (Å²) in [5.74, 6) is 0. The molecule has 4 nitrogen and oxygen atoms in total. The largest absolute Gasteiger partial charge is 0.322 e. The number of nitrogens with one attached hydrogen (secondary N) is 3. The molecule has 0 aliphatic heterocycles. The van der Waals surface area contributed by atoms with Gasteiger partial charge in [-0.2, -0.15) is 0 Å². The zero-order valence-electron chi connectivity index (χ0n) is 11.3. The maximum Gasteiger partial charge on any atom is 0.252 e. The van der Waals surface area contributed by atoms with Gasteiger partial charge in [0.05, 0.1) is 0 Å². The number of rotatable bonds is 3. The molecule has 0 bridgehead atoms. The van der Waals surface area contributed by atoms with Crippen LogP contribution in [0.15, 0.2) is 29.1 Å². The van der Waals surface area contributed by atoms with Crippen LogP contribution in [-0.2, 0) is 6.54 Å². The second-order valence-electron chi connectivity index (χ2n) is 5.58. The van der Waals surface area contributed by atoms with Crippen LogP contribution in [0, 0.1) is 0 Å². The molecule has 0 saturated carbocycles. The first-order valence-corrected chi connectivity index (χ1v) is 6.54. The van der Waals surface area contributed by atoms with Gasteiger partial charge in [-0.05, 0) is 45.0 Å². The highest BCUT2D eigenvalue weighted by molar-refractivity contribution is 6.31. The first kappa shape index (κ1) is 14.1. The van der Waals surface area contributed by atoms with Crippen LogP contribution in [0.25, 0.3) is 10.9 Å². The van der Waals surface area contributed by atoms with E-state index in [1.54, 1.807) is 6.07 Å². The summed E-state index contributed by atoms with van der Waals surface area (Å²) in [5, 5.41) is 1.59. The van der Waals surface area contributed by atoms with E-state index in [2.05, 4.69) is 15.8 Å². The lowest BCUT2D eigenvalue weighted by Gasteiger charge is -2.21. The Morgan fingerprint density at radius 3 is 2.68 bits per heavy atom. The Bertz CT molecular complexity index is 643. The number of aromatic nitrogens is 1. The van der Waals surface area contributed by atoms with Crippen molar-refractivity contribution < 1.29 is 0 Å². The van der Waals surface area contributed by atoms with E-state index in [1.165, 1.54) is 0 Å². The van der Waals surface area contributed by atoms with Gasteiger partial charge in [-0.3, -0.25) is 15.6 Å². The van der Waals surface area contributed by atoms with E-state index in [4.69, 9.17) is 11.6 Å². The molecule has 19 heavy (non-hydrogen) atoms. The molecule has 0 fully saturated rings. The van der Waals surface area contributed by atoms with Gasteiger partial charge in [-0.25, -0.2) is 0 Å². The second-order valence-corrected chi connectivity index (χ2v) is 6.02. The minimum Gasteiger partial charge on any atom is -0.322 e. The van der Waals surface area contributed by atoms with Gasteiger partial charge in [0.1, 0.15) is 0 Å². The third-order valence-corrected chi connectivity index (χ3v) is 2.86. The van der Waals surface area contributed by atoms with Crippen LogP contribution in [0.2, 0.25) is 5.02 Å². The van der Waals surface area contributed by atoms with Crippen molar-refractivity contribution in [2.24, 2.45) is 0 Å². The fraction of sp³-hybridized carbons (Fsp3) is 0.357. The molecule has 0 aliphatic rings. The number of pyridine rings is 1. The molecule has 102 valence electrons. The highest BCUT2D eigenvalue weighted by atomic mass is 35.5. The van der Waals surface area contributed by atoms with Crippen LogP contribution >= 0.6 is 11.6 Å². The normalized spacial score (nSPS) is 12.0. The Morgan fingerprint density at radius 1 is 1.26 bits per heavy atom. The van der Waals surface area contributed by atoms with E-state index in [0.717, 1.165) is 10.9 Å². The summed E-state index contributed by atoms with van der Waals surface area (Å²) >= 11 is 5.96. The fourth-order valence-electron chi connectivity index (χ4n) is 1.76. The van der Waals surface area contributed by atoms with Gasteiger partial charge in [0.15, 0.2) is 0 Å². The Kier molecular flexibility index (Phi) is 3.94. The van der Waals surface area contributed by atoms with Gasteiger partial charge >= 0.3 is 0 Å². The van der Waals surface area contributed by atoms with E-state index in [-0.39, 0.29) is 11.1 Å². The first-order chi connectivity index (χ1) is 8.85. The number of hydrogen-bond donors (Lipinski definition) is 3. The van der Waals surface area contributed by atoms with Crippen molar-refractivity contribution in [1.29, 1.82) is 0 Å². The molecular weight excluding hydrogens is 262 g/mol. The van der Waals surface area contributed by atoms with Crippen molar-refractivity contribution >= 4 is 22.5 Å². The second kappa shape index (κ2) is 5.33. The van der Waals surface area contributed by atoms with Crippen LogP contribution in [0.4, 0.5) is 0 Å². The van der Waals surface area contributed by atoms with Crippen molar-refractivity contribution in [2.45, 2.75) is 32.9 Å². The average Bonchev–Trinajstić information content (AvgIpc) is 2.29. The van der Waals surface area contributed by atoms with E-state index >= 15 is 0 Å². The summed E-state index contributed by atoms with van der Waals surface area (Å²) in [6.07, 6.45) is 0. The van der Waals surface area contributed by atoms with Crippen molar-refractivity contribution in [2.75, 3.05) is 0 Å². The smallest absolute Gasteiger partial charge is 0.252 e. The van der Waals surface area contributed by atoms with Gasteiger partial charge in [0.2, 0.25) is 0 Å². The Morgan fingerprint density at radius 2 is 2.00 bits per heavy atom.